The van der Waals surface area contributed by atoms with Crippen molar-refractivity contribution in [2.24, 2.45) is 5.92 Å². The molecule has 100 valence electrons. The Morgan fingerprint density at radius 1 is 1.47 bits per heavy atom. The van der Waals surface area contributed by atoms with E-state index >= 15 is 0 Å². The van der Waals surface area contributed by atoms with Gasteiger partial charge in [0.05, 0.1) is 11.6 Å². The van der Waals surface area contributed by atoms with Crippen LogP contribution in [0.2, 0.25) is 0 Å². The molecule has 2 rings (SSSR count). The minimum absolute atomic E-state index is 0.0317. The summed E-state index contributed by atoms with van der Waals surface area (Å²) in [6.07, 6.45) is 1.75. The summed E-state index contributed by atoms with van der Waals surface area (Å²) in [5, 5.41) is 11.5. The van der Waals surface area contributed by atoms with Crippen molar-refractivity contribution in [3.05, 3.63) is 29.8 Å². The van der Waals surface area contributed by atoms with Gasteiger partial charge < -0.3 is 10.2 Å². The molecule has 1 saturated heterocycles. The van der Waals surface area contributed by atoms with E-state index in [1.165, 1.54) is 6.42 Å². The molecule has 1 amide bonds. The smallest absolute Gasteiger partial charge is 0.225 e. The number of rotatable bonds is 4. The van der Waals surface area contributed by atoms with E-state index in [0.717, 1.165) is 31.2 Å². The topological polar surface area (TPSA) is 56.1 Å². The summed E-state index contributed by atoms with van der Waals surface area (Å²) in [5.74, 6) is 0.783. The van der Waals surface area contributed by atoms with Crippen molar-refractivity contribution in [1.82, 2.24) is 4.90 Å². The zero-order chi connectivity index (χ0) is 13.7. The Balaban J connectivity index is 1.76. The van der Waals surface area contributed by atoms with Gasteiger partial charge in [0, 0.05) is 25.2 Å². The zero-order valence-corrected chi connectivity index (χ0v) is 11.2. The number of carbonyl (C=O) groups excluding carboxylic acids is 1. The molecule has 0 spiro atoms. The van der Waals surface area contributed by atoms with Crippen molar-refractivity contribution in [1.29, 1.82) is 5.26 Å². The molecule has 4 heteroatoms. The van der Waals surface area contributed by atoms with Gasteiger partial charge in [0.1, 0.15) is 0 Å². The lowest BCUT2D eigenvalue weighted by molar-refractivity contribution is -0.116. The standard InChI is InChI=1S/C15H19N3O/c1-12-6-8-18(11-12)9-7-15(19)17-14-4-2-13(10-16)3-5-14/h2-5,12H,6-9,11H2,1H3,(H,17,19). The van der Waals surface area contributed by atoms with Crippen molar-refractivity contribution in [3.63, 3.8) is 0 Å². The Kier molecular flexibility index (Phi) is 4.53. The Bertz CT molecular complexity index is 475. The maximum absolute atomic E-state index is 11.8. The third kappa shape index (κ3) is 4.08. The van der Waals surface area contributed by atoms with Gasteiger partial charge in [0.25, 0.3) is 0 Å². The monoisotopic (exact) mass is 257 g/mol. The molecule has 1 N–H and O–H groups in total. The molecular formula is C15H19N3O. The Hall–Kier alpha value is -1.86. The van der Waals surface area contributed by atoms with E-state index in [1.54, 1.807) is 24.3 Å². The number of nitrogens with one attached hydrogen (secondary N) is 1. The first-order valence-electron chi connectivity index (χ1n) is 6.70. The number of likely N-dealkylation sites (tertiary alicyclic amines) is 1. The molecule has 19 heavy (non-hydrogen) atoms. The quantitative estimate of drug-likeness (QED) is 0.900. The molecule has 1 aromatic rings. The fourth-order valence-electron chi connectivity index (χ4n) is 2.34. The first kappa shape index (κ1) is 13.6. The predicted octanol–water partition coefficient (Wildman–Crippen LogP) is 2.23. The fraction of sp³-hybridized carbons (Fsp3) is 0.467. The fourth-order valence-corrected chi connectivity index (χ4v) is 2.34. The third-order valence-corrected chi connectivity index (χ3v) is 3.46. The van der Waals surface area contributed by atoms with E-state index in [1.807, 2.05) is 0 Å². The van der Waals surface area contributed by atoms with Gasteiger partial charge in [-0.1, -0.05) is 6.92 Å². The van der Waals surface area contributed by atoms with E-state index in [4.69, 9.17) is 5.26 Å². The number of hydrogen-bond donors (Lipinski definition) is 1. The predicted molar refractivity (Wildman–Crippen MR) is 74.6 cm³/mol. The highest BCUT2D eigenvalue weighted by Gasteiger charge is 2.18. The molecular weight excluding hydrogens is 238 g/mol. The molecule has 0 bridgehead atoms. The SMILES string of the molecule is CC1CCN(CCC(=O)Nc2ccc(C#N)cc2)C1. The molecule has 1 fully saturated rings. The van der Waals surface area contributed by atoms with Crippen molar-refractivity contribution >= 4 is 11.6 Å². The summed E-state index contributed by atoms with van der Waals surface area (Å²) >= 11 is 0. The molecule has 1 aromatic carbocycles. The highest BCUT2D eigenvalue weighted by molar-refractivity contribution is 5.90. The van der Waals surface area contributed by atoms with Crippen LogP contribution in [0, 0.1) is 17.2 Å². The summed E-state index contributed by atoms with van der Waals surface area (Å²) in [6.45, 7) is 5.28. The number of hydrogen-bond acceptors (Lipinski definition) is 3. The second kappa shape index (κ2) is 6.35. The van der Waals surface area contributed by atoms with Crippen LogP contribution in [0.4, 0.5) is 5.69 Å². The second-order valence-electron chi connectivity index (χ2n) is 5.18. The van der Waals surface area contributed by atoms with Gasteiger partial charge in [-0.2, -0.15) is 5.26 Å². The molecule has 0 aromatic heterocycles. The number of nitrogens with zero attached hydrogens (tertiary/aromatic N) is 2. The summed E-state index contributed by atoms with van der Waals surface area (Å²) in [4.78, 5) is 14.1. The summed E-state index contributed by atoms with van der Waals surface area (Å²) in [7, 11) is 0. The van der Waals surface area contributed by atoms with Crippen LogP contribution in [0.25, 0.3) is 0 Å². The van der Waals surface area contributed by atoms with Gasteiger partial charge in [0.2, 0.25) is 5.91 Å². The second-order valence-corrected chi connectivity index (χ2v) is 5.18. The highest BCUT2D eigenvalue weighted by Crippen LogP contribution is 2.15. The van der Waals surface area contributed by atoms with Crippen LogP contribution in [-0.4, -0.2) is 30.4 Å². The van der Waals surface area contributed by atoms with Gasteiger partial charge in [0.15, 0.2) is 0 Å². The lowest BCUT2D eigenvalue weighted by Gasteiger charge is -2.14. The number of nitriles is 1. The molecule has 1 aliphatic rings. The molecule has 0 saturated carbocycles. The minimum atomic E-state index is 0.0317. The highest BCUT2D eigenvalue weighted by atomic mass is 16.1. The number of benzene rings is 1. The Morgan fingerprint density at radius 2 is 2.21 bits per heavy atom. The largest absolute Gasteiger partial charge is 0.326 e. The average Bonchev–Trinajstić information content (AvgIpc) is 2.83. The van der Waals surface area contributed by atoms with E-state index < -0.39 is 0 Å². The number of anilines is 1. The number of carbonyl (C=O) groups is 1. The van der Waals surface area contributed by atoms with Crippen LogP contribution >= 0.6 is 0 Å². The summed E-state index contributed by atoms with van der Waals surface area (Å²) in [5.41, 5.74) is 1.35. The van der Waals surface area contributed by atoms with Gasteiger partial charge in [-0.15, -0.1) is 0 Å². The first-order valence-corrected chi connectivity index (χ1v) is 6.70. The van der Waals surface area contributed by atoms with Crippen LogP contribution < -0.4 is 5.32 Å². The van der Waals surface area contributed by atoms with Gasteiger partial charge in [-0.05, 0) is 43.1 Å². The van der Waals surface area contributed by atoms with Crippen LogP contribution in [0.15, 0.2) is 24.3 Å². The van der Waals surface area contributed by atoms with Crippen molar-refractivity contribution in [2.75, 3.05) is 25.0 Å². The van der Waals surface area contributed by atoms with E-state index in [0.29, 0.717) is 12.0 Å². The van der Waals surface area contributed by atoms with Crippen LogP contribution in [0.1, 0.15) is 25.3 Å². The molecule has 1 atom stereocenters. The van der Waals surface area contributed by atoms with Crippen molar-refractivity contribution in [3.8, 4) is 6.07 Å². The van der Waals surface area contributed by atoms with E-state index in [-0.39, 0.29) is 5.91 Å². The summed E-state index contributed by atoms with van der Waals surface area (Å²) < 4.78 is 0. The van der Waals surface area contributed by atoms with Crippen LogP contribution in [0.3, 0.4) is 0 Å². The van der Waals surface area contributed by atoms with Crippen molar-refractivity contribution in [2.45, 2.75) is 19.8 Å². The van der Waals surface area contributed by atoms with Gasteiger partial charge in [-0.3, -0.25) is 4.79 Å². The normalized spacial score (nSPS) is 19.1. The van der Waals surface area contributed by atoms with Gasteiger partial charge in [-0.25, -0.2) is 0 Å². The van der Waals surface area contributed by atoms with E-state index in [2.05, 4.69) is 23.2 Å². The Morgan fingerprint density at radius 3 is 2.79 bits per heavy atom. The molecule has 0 aliphatic carbocycles. The summed E-state index contributed by atoms with van der Waals surface area (Å²) in [6, 6.07) is 8.98. The van der Waals surface area contributed by atoms with Crippen LogP contribution in [0.5, 0.6) is 0 Å². The zero-order valence-electron chi connectivity index (χ0n) is 11.2. The minimum Gasteiger partial charge on any atom is -0.326 e. The van der Waals surface area contributed by atoms with Crippen molar-refractivity contribution < 1.29 is 4.79 Å². The molecule has 1 aliphatic heterocycles. The Labute approximate surface area is 114 Å². The lowest BCUT2D eigenvalue weighted by Crippen LogP contribution is -2.25. The molecule has 4 nitrogen and oxygen atoms in total. The van der Waals surface area contributed by atoms with E-state index in [9.17, 15) is 4.79 Å². The lowest BCUT2D eigenvalue weighted by atomic mass is 10.2. The first-order chi connectivity index (χ1) is 9.17. The molecule has 0 radical (unpaired) electrons. The number of amides is 1. The molecule has 1 unspecified atom stereocenters. The average molecular weight is 257 g/mol. The third-order valence-electron chi connectivity index (χ3n) is 3.46. The van der Waals surface area contributed by atoms with Crippen LogP contribution in [-0.2, 0) is 4.79 Å². The maximum atomic E-state index is 11.8. The maximum Gasteiger partial charge on any atom is 0.225 e. The van der Waals surface area contributed by atoms with Gasteiger partial charge >= 0.3 is 0 Å². The molecule has 1 heterocycles.